The normalized spacial score (nSPS) is 17.7. The second-order valence-electron chi connectivity index (χ2n) is 11.0. The maximum absolute atomic E-state index is 13.9. The third-order valence-electron chi connectivity index (χ3n) is 7.70. The molecule has 1 saturated carbocycles. The molecule has 1 aliphatic carbocycles. The number of benzene rings is 3. The van der Waals surface area contributed by atoms with Crippen LogP contribution in [0.4, 0.5) is 22.0 Å². The Kier molecular flexibility index (Phi) is 11.9. The second-order valence-corrected chi connectivity index (χ2v) is 11.9. The highest BCUT2D eigenvalue weighted by molar-refractivity contribution is 9.10. The first-order valence-electron chi connectivity index (χ1n) is 14.5. The van der Waals surface area contributed by atoms with Gasteiger partial charge in [-0.2, -0.15) is 13.2 Å². The highest BCUT2D eigenvalue weighted by Gasteiger charge is 2.37. The van der Waals surface area contributed by atoms with Gasteiger partial charge < -0.3 is 20.5 Å². The Morgan fingerprint density at radius 1 is 0.915 bits per heavy atom. The van der Waals surface area contributed by atoms with E-state index in [2.05, 4.69) is 31.5 Å². The Bertz CT molecular complexity index is 1590. The number of carboxylic acids is 1. The number of nitrogens with zero attached hydrogens (tertiary/aromatic N) is 1. The zero-order chi connectivity index (χ0) is 34.1. The van der Waals surface area contributed by atoms with Crippen LogP contribution in [0.15, 0.2) is 96.0 Å². The van der Waals surface area contributed by atoms with Gasteiger partial charge in [0, 0.05) is 16.4 Å². The fourth-order valence-corrected chi connectivity index (χ4v) is 5.74. The summed E-state index contributed by atoms with van der Waals surface area (Å²) < 4.78 is 61.6. The predicted molar refractivity (Wildman–Crippen MR) is 161 cm³/mol. The number of H-pyrrole nitrogens is 1. The largest absolute Gasteiger partial charge is 0.542 e. The van der Waals surface area contributed by atoms with Crippen molar-refractivity contribution in [2.75, 3.05) is 0 Å². The number of aromatic amines is 1. The van der Waals surface area contributed by atoms with Crippen molar-refractivity contribution in [2.24, 2.45) is 5.92 Å². The smallest absolute Gasteiger partial charge is 0.430 e. The van der Waals surface area contributed by atoms with Gasteiger partial charge in [0.1, 0.15) is 30.0 Å². The van der Waals surface area contributed by atoms with E-state index in [1.807, 2.05) is 24.3 Å². The summed E-state index contributed by atoms with van der Waals surface area (Å²) >= 11 is 3.49. The van der Waals surface area contributed by atoms with E-state index in [9.17, 15) is 31.5 Å². The van der Waals surface area contributed by atoms with Gasteiger partial charge in [-0.25, -0.2) is 13.3 Å². The van der Waals surface area contributed by atoms with Crippen molar-refractivity contribution >= 4 is 33.7 Å². The molecule has 47 heavy (non-hydrogen) atoms. The molecule has 5 rings (SSSR count). The fourth-order valence-electron chi connectivity index (χ4n) is 5.47. The van der Waals surface area contributed by atoms with E-state index in [0.29, 0.717) is 30.4 Å². The van der Waals surface area contributed by atoms with Gasteiger partial charge in [0.2, 0.25) is 12.2 Å². The van der Waals surface area contributed by atoms with Crippen LogP contribution in [-0.4, -0.2) is 35.0 Å². The van der Waals surface area contributed by atoms with Crippen LogP contribution in [0, 0.1) is 17.6 Å². The number of imidazole rings is 1. The summed E-state index contributed by atoms with van der Waals surface area (Å²) in [5, 5.41) is 15.1. The lowest BCUT2D eigenvalue weighted by Crippen LogP contribution is -2.48. The molecule has 1 heterocycles. The molecule has 0 aliphatic heterocycles. The zero-order valence-electron chi connectivity index (χ0n) is 24.6. The van der Waals surface area contributed by atoms with E-state index in [4.69, 9.17) is 9.90 Å². The SMILES string of the molecule is O=C(C[n+]1cc[nH]c1)N[C@@H]1CC[C@@H](C(=O)NC(c2ccc(F)cc2)c2ccc(F)cc2)[C@H](c2ccc(Br)cc2)C1.O=C([O-])C(F)(F)F. The molecule has 14 heteroatoms. The van der Waals surface area contributed by atoms with Crippen LogP contribution in [0.3, 0.4) is 0 Å². The van der Waals surface area contributed by atoms with E-state index in [1.54, 1.807) is 47.6 Å². The van der Waals surface area contributed by atoms with E-state index < -0.39 is 18.2 Å². The molecule has 0 bridgehead atoms. The van der Waals surface area contributed by atoms with Crippen LogP contribution in [0.2, 0.25) is 0 Å². The minimum Gasteiger partial charge on any atom is -0.542 e. The number of halogens is 6. The molecule has 1 aliphatic rings. The van der Waals surface area contributed by atoms with Gasteiger partial charge in [0.05, 0.1) is 6.04 Å². The van der Waals surface area contributed by atoms with Crippen molar-refractivity contribution in [3.8, 4) is 0 Å². The van der Waals surface area contributed by atoms with Crippen molar-refractivity contribution in [2.45, 2.75) is 50.0 Å². The Morgan fingerprint density at radius 3 is 1.96 bits per heavy atom. The number of hydrogen-bond donors (Lipinski definition) is 3. The lowest BCUT2D eigenvalue weighted by molar-refractivity contribution is -0.683. The molecule has 4 aromatic rings. The van der Waals surface area contributed by atoms with Crippen LogP contribution < -0.4 is 20.3 Å². The summed E-state index contributed by atoms with van der Waals surface area (Å²) in [6, 6.07) is 19.2. The number of nitrogens with one attached hydrogen (secondary N) is 3. The van der Waals surface area contributed by atoms with Crippen LogP contribution in [0.5, 0.6) is 0 Å². The Balaban J connectivity index is 0.000000644. The molecule has 3 atom stereocenters. The number of amides is 2. The quantitative estimate of drug-likeness (QED) is 0.182. The van der Waals surface area contributed by atoms with Crippen LogP contribution >= 0.6 is 15.9 Å². The van der Waals surface area contributed by atoms with Gasteiger partial charge in [-0.3, -0.25) is 14.6 Å². The molecule has 3 aromatic carbocycles. The molecule has 1 aromatic heterocycles. The Labute approximate surface area is 275 Å². The molecule has 1 fully saturated rings. The summed E-state index contributed by atoms with van der Waals surface area (Å²) in [4.78, 5) is 38.3. The predicted octanol–water partition coefficient (Wildman–Crippen LogP) is 4.62. The number of carboxylic acid groups (broad SMARTS) is 1. The number of hydrogen-bond acceptors (Lipinski definition) is 4. The molecular formula is C33H30BrF5N4O4. The highest BCUT2D eigenvalue weighted by atomic mass is 79.9. The van der Waals surface area contributed by atoms with Crippen molar-refractivity contribution in [3.05, 3.63) is 124 Å². The number of aliphatic carboxylic acids is 1. The summed E-state index contributed by atoms with van der Waals surface area (Å²) in [6.07, 6.45) is 1.93. The minimum absolute atomic E-state index is 0.0743. The summed E-state index contributed by atoms with van der Waals surface area (Å²) in [5.41, 5.74) is 2.41. The zero-order valence-corrected chi connectivity index (χ0v) is 26.2. The molecule has 3 N–H and O–H groups in total. The maximum atomic E-state index is 13.9. The van der Waals surface area contributed by atoms with Crippen LogP contribution in [0.1, 0.15) is 47.9 Å². The lowest BCUT2D eigenvalue weighted by atomic mass is 9.73. The molecular weight excluding hydrogens is 691 g/mol. The first-order chi connectivity index (χ1) is 22.3. The number of carbonyl (C=O) groups is 3. The van der Waals surface area contributed by atoms with Crippen LogP contribution in [-0.2, 0) is 20.9 Å². The Hall–Kier alpha value is -4.59. The number of rotatable bonds is 8. The van der Waals surface area contributed by atoms with E-state index in [-0.39, 0.29) is 47.9 Å². The molecule has 0 saturated heterocycles. The van der Waals surface area contributed by atoms with Crippen molar-refractivity contribution in [1.82, 2.24) is 15.6 Å². The lowest BCUT2D eigenvalue weighted by Gasteiger charge is -2.37. The van der Waals surface area contributed by atoms with Gasteiger partial charge in [0.25, 0.3) is 5.91 Å². The molecule has 248 valence electrons. The minimum atomic E-state index is -5.19. The van der Waals surface area contributed by atoms with Gasteiger partial charge in [-0.1, -0.05) is 52.3 Å². The van der Waals surface area contributed by atoms with Crippen molar-refractivity contribution < 1.29 is 46.0 Å². The monoisotopic (exact) mass is 720 g/mol. The number of alkyl halides is 3. The van der Waals surface area contributed by atoms with Crippen LogP contribution in [0.25, 0.3) is 0 Å². The average molecular weight is 722 g/mol. The third kappa shape index (κ3) is 10.2. The number of carbonyl (C=O) groups excluding carboxylic acids is 3. The third-order valence-corrected chi connectivity index (χ3v) is 8.23. The van der Waals surface area contributed by atoms with Gasteiger partial charge >= 0.3 is 6.18 Å². The fraction of sp³-hybridized carbons (Fsp3) is 0.273. The topological polar surface area (TPSA) is 118 Å². The van der Waals surface area contributed by atoms with Gasteiger partial charge in [-0.15, -0.1) is 0 Å². The first-order valence-corrected chi connectivity index (χ1v) is 15.3. The van der Waals surface area contributed by atoms with Crippen molar-refractivity contribution in [1.29, 1.82) is 0 Å². The van der Waals surface area contributed by atoms with Crippen molar-refractivity contribution in [3.63, 3.8) is 0 Å². The van der Waals surface area contributed by atoms with E-state index in [0.717, 1.165) is 10.0 Å². The Morgan fingerprint density at radius 2 is 1.47 bits per heavy atom. The highest BCUT2D eigenvalue weighted by Crippen LogP contribution is 2.39. The molecule has 0 spiro atoms. The molecule has 0 unspecified atom stereocenters. The second kappa shape index (κ2) is 15.8. The molecule has 2 amide bonds. The first kappa shape index (κ1) is 35.3. The van der Waals surface area contributed by atoms with E-state index >= 15 is 0 Å². The van der Waals surface area contributed by atoms with Gasteiger partial charge in [-0.05, 0) is 78.3 Å². The molecule has 8 nitrogen and oxygen atoms in total. The summed E-state index contributed by atoms with van der Waals surface area (Å²) in [5.74, 6) is -4.46. The standard InChI is InChI=1S/C31H29BrF2N4O2.C2HF3O2/c32-23-7-1-20(2-8-23)28-17-26(36-29(39)18-38-16-15-35-19-38)13-14-27(28)31(40)37-30(21-3-9-24(33)10-4-21)22-5-11-25(34)12-6-22;3-2(4,5)1(6)7/h1-12,15-16,19,26-28,30H,13-14,17-18H2,(H2,36,37,39,40);(H,6,7)/t26-,27-,28+;/m1./s1. The number of aromatic nitrogens is 2. The molecule has 0 radical (unpaired) electrons. The maximum Gasteiger partial charge on any atom is 0.430 e. The summed E-state index contributed by atoms with van der Waals surface area (Å²) in [7, 11) is 0. The van der Waals surface area contributed by atoms with Gasteiger partial charge in [0.15, 0.2) is 6.54 Å². The summed E-state index contributed by atoms with van der Waals surface area (Å²) in [6.45, 7) is 0.212. The average Bonchev–Trinajstić information content (AvgIpc) is 3.54. The van der Waals surface area contributed by atoms with E-state index in [1.165, 1.54) is 24.3 Å².